The van der Waals surface area contributed by atoms with E-state index in [1.807, 2.05) is 22.9 Å². The van der Waals surface area contributed by atoms with Crippen molar-refractivity contribution in [1.82, 2.24) is 20.4 Å². The zero-order valence-corrected chi connectivity index (χ0v) is 16.9. The largest absolute Gasteiger partial charge is 0.353 e. The minimum absolute atomic E-state index is 0.173. The first kappa shape index (κ1) is 19.4. The average Bonchev–Trinajstić information content (AvgIpc) is 3.45. The Balaban J connectivity index is 1.44. The van der Waals surface area contributed by atoms with Crippen LogP contribution < -0.4 is 10.6 Å². The molecule has 150 valence electrons. The second-order valence-corrected chi connectivity index (χ2v) is 7.72. The Hall–Kier alpha value is -2.92. The van der Waals surface area contributed by atoms with Crippen LogP contribution >= 0.6 is 0 Å². The molecule has 0 aliphatic heterocycles. The lowest BCUT2D eigenvalue weighted by molar-refractivity contribution is -0.121. The summed E-state index contributed by atoms with van der Waals surface area (Å²) in [5.41, 5.74) is 5.58. The van der Waals surface area contributed by atoms with Gasteiger partial charge < -0.3 is 10.6 Å². The second-order valence-electron chi connectivity index (χ2n) is 7.72. The van der Waals surface area contributed by atoms with E-state index < -0.39 is 0 Å². The number of para-hydroxylation sites is 1. The number of benzene rings is 2. The summed E-state index contributed by atoms with van der Waals surface area (Å²) < 4.78 is 1.95. The van der Waals surface area contributed by atoms with E-state index in [2.05, 4.69) is 60.2 Å². The summed E-state index contributed by atoms with van der Waals surface area (Å²) in [6.07, 6.45) is 5.79. The molecule has 2 aromatic carbocycles. The summed E-state index contributed by atoms with van der Waals surface area (Å²) >= 11 is 0. The van der Waals surface area contributed by atoms with Gasteiger partial charge in [0.25, 0.3) is 0 Å². The smallest absolute Gasteiger partial charge is 0.220 e. The van der Waals surface area contributed by atoms with E-state index in [0.717, 1.165) is 54.9 Å². The lowest BCUT2D eigenvalue weighted by atomic mass is 10.0. The molecule has 4 rings (SSSR count). The highest BCUT2D eigenvalue weighted by atomic mass is 16.1. The van der Waals surface area contributed by atoms with Crippen LogP contribution in [0.1, 0.15) is 36.8 Å². The maximum atomic E-state index is 11.8. The summed E-state index contributed by atoms with van der Waals surface area (Å²) in [7, 11) is 0. The molecule has 1 fully saturated rings. The van der Waals surface area contributed by atoms with E-state index in [0.29, 0.717) is 12.5 Å². The lowest BCUT2D eigenvalue weighted by Gasteiger charge is -2.07. The molecule has 0 bridgehead atoms. The summed E-state index contributed by atoms with van der Waals surface area (Å²) in [5, 5.41) is 11.4. The molecule has 5 nitrogen and oxygen atoms in total. The third-order valence-corrected chi connectivity index (χ3v) is 5.23. The van der Waals surface area contributed by atoms with Crippen LogP contribution in [-0.4, -0.2) is 28.3 Å². The maximum absolute atomic E-state index is 11.8. The second kappa shape index (κ2) is 9.05. The van der Waals surface area contributed by atoms with Crippen LogP contribution in [0.25, 0.3) is 16.9 Å². The summed E-state index contributed by atoms with van der Waals surface area (Å²) in [6, 6.07) is 19.0. The van der Waals surface area contributed by atoms with Gasteiger partial charge >= 0.3 is 0 Å². The van der Waals surface area contributed by atoms with Gasteiger partial charge in [-0.05, 0) is 50.4 Å². The quantitative estimate of drug-likeness (QED) is 0.545. The molecule has 1 aromatic heterocycles. The maximum Gasteiger partial charge on any atom is 0.220 e. The van der Waals surface area contributed by atoms with Crippen molar-refractivity contribution in [2.24, 2.45) is 0 Å². The van der Waals surface area contributed by atoms with Crippen LogP contribution in [0, 0.1) is 6.92 Å². The summed E-state index contributed by atoms with van der Waals surface area (Å²) in [5.74, 6) is 0.173. The van der Waals surface area contributed by atoms with Gasteiger partial charge in [0.1, 0.15) is 0 Å². The molecule has 1 aliphatic carbocycles. The SMILES string of the molecule is Cc1ccccc1-c1nn(-c2ccccc2)cc1CNCCCC(=O)NC1CC1. The minimum Gasteiger partial charge on any atom is -0.353 e. The Morgan fingerprint density at radius 1 is 1.10 bits per heavy atom. The number of hydrogen-bond donors (Lipinski definition) is 2. The molecule has 1 aliphatic rings. The molecule has 0 spiro atoms. The number of nitrogens with zero attached hydrogens (tertiary/aromatic N) is 2. The summed E-state index contributed by atoms with van der Waals surface area (Å²) in [4.78, 5) is 11.8. The van der Waals surface area contributed by atoms with Crippen LogP contribution in [0.4, 0.5) is 0 Å². The van der Waals surface area contributed by atoms with Gasteiger partial charge in [-0.15, -0.1) is 0 Å². The van der Waals surface area contributed by atoms with Crippen LogP contribution in [0.2, 0.25) is 0 Å². The first-order valence-corrected chi connectivity index (χ1v) is 10.4. The van der Waals surface area contributed by atoms with E-state index in [4.69, 9.17) is 5.10 Å². The predicted octanol–water partition coefficient (Wildman–Crippen LogP) is 4.00. The molecule has 0 unspecified atom stereocenters. The van der Waals surface area contributed by atoms with Crippen molar-refractivity contribution in [2.45, 2.75) is 45.2 Å². The molecule has 2 N–H and O–H groups in total. The van der Waals surface area contributed by atoms with Crippen molar-refractivity contribution < 1.29 is 4.79 Å². The van der Waals surface area contributed by atoms with Crippen molar-refractivity contribution in [3.63, 3.8) is 0 Å². The lowest BCUT2D eigenvalue weighted by Crippen LogP contribution is -2.26. The predicted molar refractivity (Wildman–Crippen MR) is 116 cm³/mol. The van der Waals surface area contributed by atoms with Gasteiger partial charge in [0.2, 0.25) is 5.91 Å². The minimum atomic E-state index is 0.173. The molecule has 0 radical (unpaired) electrons. The van der Waals surface area contributed by atoms with E-state index in [-0.39, 0.29) is 5.91 Å². The standard InChI is InChI=1S/C24H28N4O/c1-18-8-5-6-11-22(18)24-19(17-28(27-24)21-9-3-2-4-10-21)16-25-15-7-12-23(29)26-20-13-14-20/h2-6,8-11,17,20,25H,7,12-16H2,1H3,(H,26,29). The molecular weight excluding hydrogens is 360 g/mol. The van der Waals surface area contributed by atoms with Crippen LogP contribution in [0.3, 0.4) is 0 Å². The van der Waals surface area contributed by atoms with E-state index in [1.165, 1.54) is 5.56 Å². The van der Waals surface area contributed by atoms with E-state index in [9.17, 15) is 4.79 Å². The highest BCUT2D eigenvalue weighted by Crippen LogP contribution is 2.26. The molecular formula is C24H28N4O. The first-order chi connectivity index (χ1) is 14.2. The first-order valence-electron chi connectivity index (χ1n) is 10.4. The fourth-order valence-electron chi connectivity index (χ4n) is 3.44. The van der Waals surface area contributed by atoms with Crippen LogP contribution in [0.15, 0.2) is 60.8 Å². The molecule has 29 heavy (non-hydrogen) atoms. The zero-order chi connectivity index (χ0) is 20.1. The molecule has 1 heterocycles. The molecule has 3 aromatic rings. The summed E-state index contributed by atoms with van der Waals surface area (Å²) in [6.45, 7) is 3.65. The number of aryl methyl sites for hydroxylation is 1. The van der Waals surface area contributed by atoms with Crippen molar-refractivity contribution in [3.05, 3.63) is 71.9 Å². The van der Waals surface area contributed by atoms with Gasteiger partial charge in [0.05, 0.1) is 11.4 Å². The topological polar surface area (TPSA) is 59.0 Å². The van der Waals surface area contributed by atoms with Gasteiger partial charge in [-0.3, -0.25) is 4.79 Å². The van der Waals surface area contributed by atoms with Gasteiger partial charge in [-0.25, -0.2) is 4.68 Å². The monoisotopic (exact) mass is 388 g/mol. The van der Waals surface area contributed by atoms with Crippen molar-refractivity contribution >= 4 is 5.91 Å². The number of carbonyl (C=O) groups excluding carboxylic acids is 1. The fraction of sp³-hybridized carbons (Fsp3) is 0.333. The number of amides is 1. The number of hydrogen-bond acceptors (Lipinski definition) is 3. The van der Waals surface area contributed by atoms with Crippen molar-refractivity contribution in [3.8, 4) is 16.9 Å². The van der Waals surface area contributed by atoms with E-state index in [1.54, 1.807) is 0 Å². The number of aromatic nitrogens is 2. The molecule has 5 heteroatoms. The van der Waals surface area contributed by atoms with Gasteiger partial charge in [-0.1, -0.05) is 42.5 Å². The Bertz CT molecular complexity index is 960. The Morgan fingerprint density at radius 3 is 2.62 bits per heavy atom. The third kappa shape index (κ3) is 5.12. The Morgan fingerprint density at radius 2 is 1.86 bits per heavy atom. The Kier molecular flexibility index (Phi) is 6.06. The number of rotatable bonds is 9. The highest BCUT2D eigenvalue weighted by Gasteiger charge is 2.22. The van der Waals surface area contributed by atoms with Gasteiger partial charge in [0.15, 0.2) is 0 Å². The fourth-order valence-corrected chi connectivity index (χ4v) is 3.44. The van der Waals surface area contributed by atoms with Crippen LogP contribution in [0.5, 0.6) is 0 Å². The van der Waals surface area contributed by atoms with Crippen molar-refractivity contribution in [1.29, 1.82) is 0 Å². The number of nitrogens with one attached hydrogen (secondary N) is 2. The van der Waals surface area contributed by atoms with Gasteiger partial charge in [-0.2, -0.15) is 5.10 Å². The molecule has 1 amide bonds. The Labute approximate surface area is 172 Å². The normalized spacial score (nSPS) is 13.4. The molecule has 0 saturated heterocycles. The van der Waals surface area contributed by atoms with Crippen molar-refractivity contribution in [2.75, 3.05) is 6.54 Å². The molecule has 0 atom stereocenters. The molecule has 1 saturated carbocycles. The van der Waals surface area contributed by atoms with E-state index >= 15 is 0 Å². The number of carbonyl (C=O) groups is 1. The third-order valence-electron chi connectivity index (χ3n) is 5.23. The van der Waals surface area contributed by atoms with Gasteiger partial charge in [0, 0.05) is 36.3 Å². The van der Waals surface area contributed by atoms with Crippen LogP contribution in [-0.2, 0) is 11.3 Å². The zero-order valence-electron chi connectivity index (χ0n) is 16.9. The highest BCUT2D eigenvalue weighted by molar-refractivity contribution is 5.76. The average molecular weight is 389 g/mol.